The van der Waals surface area contributed by atoms with Gasteiger partial charge < -0.3 is 10.1 Å². The van der Waals surface area contributed by atoms with Crippen molar-refractivity contribution in [1.29, 1.82) is 0 Å². The monoisotopic (exact) mass is 227 g/mol. The Morgan fingerprint density at radius 2 is 2.13 bits per heavy atom. The Hall–Kier alpha value is -0.730. The van der Waals surface area contributed by atoms with E-state index in [0.717, 1.165) is 36.7 Å². The molecule has 2 nitrogen and oxygen atoms in total. The third kappa shape index (κ3) is 4.10. The fraction of sp³-hybridized carbons (Fsp3) is 0.500. The zero-order chi connectivity index (χ0) is 11.1. The second-order valence-electron chi connectivity index (χ2n) is 3.46. The molecule has 0 spiro atoms. The van der Waals surface area contributed by atoms with Crippen LogP contribution in [0.1, 0.15) is 18.9 Å². The Morgan fingerprint density at radius 3 is 2.73 bits per heavy atom. The van der Waals surface area contributed by atoms with Crippen LogP contribution < -0.4 is 10.1 Å². The van der Waals surface area contributed by atoms with E-state index in [9.17, 15) is 0 Å². The van der Waals surface area contributed by atoms with Crippen LogP contribution in [0.15, 0.2) is 18.2 Å². The van der Waals surface area contributed by atoms with Crippen LogP contribution in [0.2, 0.25) is 5.02 Å². The van der Waals surface area contributed by atoms with Crippen LogP contribution in [0.25, 0.3) is 0 Å². The highest BCUT2D eigenvalue weighted by Gasteiger charge is 2.01. The zero-order valence-electron chi connectivity index (χ0n) is 9.35. The molecule has 0 saturated heterocycles. The molecule has 0 bridgehead atoms. The van der Waals surface area contributed by atoms with Gasteiger partial charge in [0.25, 0.3) is 0 Å². The SMILES string of the molecule is CCCNCCc1ccc(OC)cc1Cl. The lowest BCUT2D eigenvalue weighted by Crippen LogP contribution is -2.17. The molecule has 1 N–H and O–H groups in total. The van der Waals surface area contributed by atoms with E-state index in [4.69, 9.17) is 16.3 Å². The highest BCUT2D eigenvalue weighted by Crippen LogP contribution is 2.22. The lowest BCUT2D eigenvalue weighted by molar-refractivity contribution is 0.414. The second kappa shape index (κ2) is 6.70. The summed E-state index contributed by atoms with van der Waals surface area (Å²) in [5, 5.41) is 4.13. The average Bonchev–Trinajstić information content (AvgIpc) is 2.26. The van der Waals surface area contributed by atoms with E-state index in [1.54, 1.807) is 7.11 Å². The van der Waals surface area contributed by atoms with Gasteiger partial charge in [0.2, 0.25) is 0 Å². The standard InChI is InChI=1S/C12H18ClNO/c1-3-7-14-8-6-10-4-5-11(15-2)9-12(10)13/h4-5,9,14H,3,6-8H2,1-2H3. The van der Waals surface area contributed by atoms with Crippen molar-refractivity contribution in [3.8, 4) is 5.75 Å². The van der Waals surface area contributed by atoms with Gasteiger partial charge in [0.1, 0.15) is 5.75 Å². The van der Waals surface area contributed by atoms with Crippen molar-refractivity contribution in [2.45, 2.75) is 19.8 Å². The van der Waals surface area contributed by atoms with E-state index in [1.165, 1.54) is 5.56 Å². The fourth-order valence-corrected chi connectivity index (χ4v) is 1.65. The molecule has 0 amide bonds. The highest BCUT2D eigenvalue weighted by atomic mass is 35.5. The van der Waals surface area contributed by atoms with Crippen molar-refractivity contribution >= 4 is 11.6 Å². The summed E-state index contributed by atoms with van der Waals surface area (Å²) in [7, 11) is 1.65. The normalized spacial score (nSPS) is 10.3. The molecule has 1 aromatic carbocycles. The first kappa shape index (κ1) is 12.3. The van der Waals surface area contributed by atoms with Gasteiger partial charge in [-0.2, -0.15) is 0 Å². The lowest BCUT2D eigenvalue weighted by atomic mass is 10.1. The number of benzene rings is 1. The van der Waals surface area contributed by atoms with Crippen molar-refractivity contribution < 1.29 is 4.74 Å². The molecule has 0 fully saturated rings. The zero-order valence-corrected chi connectivity index (χ0v) is 10.1. The predicted molar refractivity (Wildman–Crippen MR) is 64.9 cm³/mol. The number of hydrogen-bond acceptors (Lipinski definition) is 2. The predicted octanol–water partition coefficient (Wildman–Crippen LogP) is 2.89. The van der Waals surface area contributed by atoms with Gasteiger partial charge in [-0.05, 0) is 43.6 Å². The molecule has 1 aromatic rings. The summed E-state index contributed by atoms with van der Waals surface area (Å²) in [6.07, 6.45) is 2.12. The number of ether oxygens (including phenoxy) is 1. The molecule has 0 aliphatic heterocycles. The van der Waals surface area contributed by atoms with E-state index in [1.807, 2.05) is 18.2 Å². The average molecular weight is 228 g/mol. The first-order valence-corrected chi connectivity index (χ1v) is 5.69. The Labute approximate surface area is 96.6 Å². The van der Waals surface area contributed by atoms with Crippen molar-refractivity contribution in [2.75, 3.05) is 20.2 Å². The second-order valence-corrected chi connectivity index (χ2v) is 3.86. The third-order valence-corrected chi connectivity index (χ3v) is 2.61. The van der Waals surface area contributed by atoms with Crippen molar-refractivity contribution in [1.82, 2.24) is 5.32 Å². The molecule has 3 heteroatoms. The number of hydrogen-bond donors (Lipinski definition) is 1. The maximum atomic E-state index is 6.11. The van der Waals surface area contributed by atoms with Crippen molar-refractivity contribution in [2.24, 2.45) is 0 Å². The van der Waals surface area contributed by atoms with Crippen LogP contribution in [-0.4, -0.2) is 20.2 Å². The van der Waals surface area contributed by atoms with Crippen LogP contribution in [0.5, 0.6) is 5.75 Å². The molecule has 84 valence electrons. The van der Waals surface area contributed by atoms with Crippen LogP contribution in [0, 0.1) is 0 Å². The molecule has 15 heavy (non-hydrogen) atoms. The molecule has 0 heterocycles. The minimum Gasteiger partial charge on any atom is -0.497 e. The maximum absolute atomic E-state index is 6.11. The largest absolute Gasteiger partial charge is 0.497 e. The Balaban J connectivity index is 2.47. The van der Waals surface area contributed by atoms with Crippen LogP contribution in [0.3, 0.4) is 0 Å². The summed E-state index contributed by atoms with van der Waals surface area (Å²) in [6, 6.07) is 5.83. The third-order valence-electron chi connectivity index (χ3n) is 2.26. The molecule has 1 rings (SSSR count). The van der Waals surface area contributed by atoms with Crippen LogP contribution >= 0.6 is 11.6 Å². The van der Waals surface area contributed by atoms with Gasteiger partial charge in [-0.1, -0.05) is 24.6 Å². The molecule has 0 aromatic heterocycles. The quantitative estimate of drug-likeness (QED) is 0.755. The molecule has 0 unspecified atom stereocenters. The molecule has 0 aliphatic rings. The van der Waals surface area contributed by atoms with E-state index in [2.05, 4.69) is 12.2 Å². The van der Waals surface area contributed by atoms with E-state index < -0.39 is 0 Å². The topological polar surface area (TPSA) is 21.3 Å². The minimum absolute atomic E-state index is 0.785. The lowest BCUT2D eigenvalue weighted by Gasteiger charge is -2.07. The van der Waals surface area contributed by atoms with Gasteiger partial charge in [-0.25, -0.2) is 0 Å². The molecular formula is C12H18ClNO. The van der Waals surface area contributed by atoms with E-state index in [0.29, 0.717) is 0 Å². The highest BCUT2D eigenvalue weighted by molar-refractivity contribution is 6.31. The Morgan fingerprint density at radius 1 is 1.33 bits per heavy atom. The minimum atomic E-state index is 0.785. The van der Waals surface area contributed by atoms with Crippen LogP contribution in [-0.2, 0) is 6.42 Å². The van der Waals surface area contributed by atoms with Crippen molar-refractivity contribution in [3.63, 3.8) is 0 Å². The molecule has 0 atom stereocenters. The first-order valence-electron chi connectivity index (χ1n) is 5.31. The number of methoxy groups -OCH3 is 1. The first-order chi connectivity index (χ1) is 7.27. The summed E-state index contributed by atoms with van der Waals surface area (Å²) in [4.78, 5) is 0. The maximum Gasteiger partial charge on any atom is 0.120 e. The summed E-state index contributed by atoms with van der Waals surface area (Å²) in [5.41, 5.74) is 1.17. The van der Waals surface area contributed by atoms with E-state index >= 15 is 0 Å². The summed E-state index contributed by atoms with van der Waals surface area (Å²) in [5.74, 6) is 0.810. The summed E-state index contributed by atoms with van der Waals surface area (Å²) < 4.78 is 5.09. The van der Waals surface area contributed by atoms with Gasteiger partial charge in [0.05, 0.1) is 7.11 Å². The van der Waals surface area contributed by atoms with Gasteiger partial charge in [0.15, 0.2) is 0 Å². The summed E-state index contributed by atoms with van der Waals surface area (Å²) in [6.45, 7) is 4.20. The number of rotatable bonds is 6. The van der Waals surface area contributed by atoms with Crippen LogP contribution in [0.4, 0.5) is 0 Å². The molecule has 0 radical (unpaired) electrons. The Bertz CT molecular complexity index is 302. The van der Waals surface area contributed by atoms with E-state index in [-0.39, 0.29) is 0 Å². The number of halogens is 1. The van der Waals surface area contributed by atoms with Crippen molar-refractivity contribution in [3.05, 3.63) is 28.8 Å². The van der Waals surface area contributed by atoms with Gasteiger partial charge >= 0.3 is 0 Å². The van der Waals surface area contributed by atoms with Gasteiger partial charge in [0, 0.05) is 5.02 Å². The molecule has 0 aliphatic carbocycles. The van der Waals surface area contributed by atoms with Gasteiger partial charge in [-0.3, -0.25) is 0 Å². The fourth-order valence-electron chi connectivity index (χ4n) is 1.38. The summed E-state index contributed by atoms with van der Waals surface area (Å²) >= 11 is 6.11. The van der Waals surface area contributed by atoms with Gasteiger partial charge in [-0.15, -0.1) is 0 Å². The smallest absolute Gasteiger partial charge is 0.120 e. The number of nitrogens with one attached hydrogen (secondary N) is 1. The molecule has 0 saturated carbocycles. The Kier molecular flexibility index (Phi) is 5.51. The molecular weight excluding hydrogens is 210 g/mol.